The standard InChI is InChI=1S/C18H24N4O4/c1-25-15-5-4-14(12-16(15)26-2)6-8-21-18(24)17(23)20-7-3-10-22-11-9-19-13-22/h4-5,9,11-13H,3,6-8,10H2,1-2H3,(H,20,23)(H,21,24). The number of methoxy groups -OCH3 is 2. The van der Waals surface area contributed by atoms with Crippen LogP contribution in [0.3, 0.4) is 0 Å². The van der Waals surface area contributed by atoms with Crippen LogP contribution in [0.5, 0.6) is 11.5 Å². The highest BCUT2D eigenvalue weighted by molar-refractivity contribution is 6.35. The summed E-state index contributed by atoms with van der Waals surface area (Å²) in [4.78, 5) is 27.5. The fourth-order valence-corrected chi connectivity index (χ4v) is 2.40. The molecule has 26 heavy (non-hydrogen) atoms. The number of amides is 2. The Morgan fingerprint density at radius 2 is 1.81 bits per heavy atom. The molecule has 0 aliphatic rings. The van der Waals surface area contributed by atoms with Gasteiger partial charge in [0.15, 0.2) is 11.5 Å². The number of hydrogen-bond donors (Lipinski definition) is 2. The van der Waals surface area contributed by atoms with Crippen molar-refractivity contribution in [1.29, 1.82) is 0 Å². The Hall–Kier alpha value is -3.03. The van der Waals surface area contributed by atoms with Crippen LogP contribution in [0.4, 0.5) is 0 Å². The van der Waals surface area contributed by atoms with Crippen molar-refractivity contribution in [2.24, 2.45) is 0 Å². The zero-order valence-corrected chi connectivity index (χ0v) is 15.0. The van der Waals surface area contributed by atoms with E-state index in [0.29, 0.717) is 31.0 Å². The molecule has 0 fully saturated rings. The van der Waals surface area contributed by atoms with E-state index in [1.807, 2.05) is 29.0 Å². The van der Waals surface area contributed by atoms with Crippen molar-refractivity contribution in [3.63, 3.8) is 0 Å². The number of rotatable bonds is 9. The lowest BCUT2D eigenvalue weighted by atomic mass is 10.1. The van der Waals surface area contributed by atoms with Gasteiger partial charge in [0, 0.05) is 32.0 Å². The van der Waals surface area contributed by atoms with Crippen LogP contribution in [0.2, 0.25) is 0 Å². The Balaban J connectivity index is 1.66. The van der Waals surface area contributed by atoms with Crippen LogP contribution in [0.1, 0.15) is 12.0 Å². The van der Waals surface area contributed by atoms with E-state index in [1.54, 1.807) is 26.7 Å². The van der Waals surface area contributed by atoms with E-state index in [2.05, 4.69) is 15.6 Å². The molecule has 1 aromatic heterocycles. The molecule has 0 bridgehead atoms. The van der Waals surface area contributed by atoms with Gasteiger partial charge >= 0.3 is 11.8 Å². The first-order valence-electron chi connectivity index (χ1n) is 8.36. The number of carbonyl (C=O) groups is 2. The zero-order valence-electron chi connectivity index (χ0n) is 15.0. The average molecular weight is 360 g/mol. The SMILES string of the molecule is COc1ccc(CCNC(=O)C(=O)NCCCn2ccnc2)cc1OC. The molecule has 2 aromatic rings. The summed E-state index contributed by atoms with van der Waals surface area (Å²) in [6.07, 6.45) is 6.57. The molecule has 0 saturated heterocycles. The monoisotopic (exact) mass is 360 g/mol. The molecule has 0 aliphatic carbocycles. The second kappa shape index (κ2) is 10.1. The van der Waals surface area contributed by atoms with Crippen molar-refractivity contribution in [3.05, 3.63) is 42.5 Å². The highest BCUT2D eigenvalue weighted by Crippen LogP contribution is 2.27. The van der Waals surface area contributed by atoms with Gasteiger partial charge in [-0.15, -0.1) is 0 Å². The lowest BCUT2D eigenvalue weighted by Crippen LogP contribution is -2.41. The summed E-state index contributed by atoms with van der Waals surface area (Å²) in [5.74, 6) is 0.0263. The summed E-state index contributed by atoms with van der Waals surface area (Å²) in [6.45, 7) is 1.53. The van der Waals surface area contributed by atoms with Gasteiger partial charge in [0.1, 0.15) is 0 Å². The third kappa shape index (κ3) is 5.80. The van der Waals surface area contributed by atoms with Crippen LogP contribution in [0.15, 0.2) is 36.9 Å². The van der Waals surface area contributed by atoms with Gasteiger partial charge in [-0.05, 0) is 30.5 Å². The maximum atomic E-state index is 11.8. The third-order valence-electron chi connectivity index (χ3n) is 3.79. The maximum Gasteiger partial charge on any atom is 0.309 e. The van der Waals surface area contributed by atoms with E-state index in [4.69, 9.17) is 9.47 Å². The van der Waals surface area contributed by atoms with Gasteiger partial charge in [0.05, 0.1) is 20.5 Å². The first-order valence-corrected chi connectivity index (χ1v) is 8.36. The molecule has 0 aliphatic heterocycles. The summed E-state index contributed by atoms with van der Waals surface area (Å²) in [5.41, 5.74) is 0.976. The number of carbonyl (C=O) groups excluding carboxylic acids is 2. The minimum absolute atomic E-state index is 0.358. The molecule has 0 atom stereocenters. The molecule has 8 nitrogen and oxygen atoms in total. The summed E-state index contributed by atoms with van der Waals surface area (Å²) in [6, 6.07) is 5.55. The van der Waals surface area contributed by atoms with E-state index in [1.165, 1.54) is 0 Å². The minimum Gasteiger partial charge on any atom is -0.493 e. The molecule has 140 valence electrons. The fraction of sp³-hybridized carbons (Fsp3) is 0.389. The van der Waals surface area contributed by atoms with Gasteiger partial charge in [-0.25, -0.2) is 4.98 Å². The van der Waals surface area contributed by atoms with Crippen molar-refractivity contribution in [1.82, 2.24) is 20.2 Å². The summed E-state index contributed by atoms with van der Waals surface area (Å²) in [5, 5.41) is 5.22. The van der Waals surface area contributed by atoms with E-state index < -0.39 is 11.8 Å². The predicted octanol–water partition coefficient (Wildman–Crippen LogP) is 0.766. The summed E-state index contributed by atoms with van der Waals surface area (Å²) < 4.78 is 12.3. The number of hydrogen-bond acceptors (Lipinski definition) is 5. The Labute approximate surface area is 152 Å². The summed E-state index contributed by atoms with van der Waals surface area (Å²) >= 11 is 0. The number of ether oxygens (including phenoxy) is 2. The molecule has 2 amide bonds. The molecule has 1 heterocycles. The lowest BCUT2D eigenvalue weighted by molar-refractivity contribution is -0.139. The second-order valence-electron chi connectivity index (χ2n) is 5.61. The van der Waals surface area contributed by atoms with Crippen LogP contribution in [0.25, 0.3) is 0 Å². The van der Waals surface area contributed by atoms with E-state index in [-0.39, 0.29) is 0 Å². The van der Waals surface area contributed by atoms with Crippen molar-refractivity contribution in [2.45, 2.75) is 19.4 Å². The number of benzene rings is 1. The average Bonchev–Trinajstić information content (AvgIpc) is 3.18. The molecule has 0 saturated carbocycles. The molecule has 8 heteroatoms. The highest BCUT2D eigenvalue weighted by atomic mass is 16.5. The fourth-order valence-electron chi connectivity index (χ4n) is 2.40. The van der Waals surface area contributed by atoms with Crippen LogP contribution >= 0.6 is 0 Å². The predicted molar refractivity (Wildman–Crippen MR) is 96.1 cm³/mol. The lowest BCUT2D eigenvalue weighted by Gasteiger charge is -2.10. The van der Waals surface area contributed by atoms with Crippen LogP contribution in [-0.2, 0) is 22.6 Å². The Morgan fingerprint density at radius 3 is 2.46 bits per heavy atom. The quantitative estimate of drug-likeness (QED) is 0.509. The van der Waals surface area contributed by atoms with Crippen molar-refractivity contribution in [2.75, 3.05) is 27.3 Å². The van der Waals surface area contributed by atoms with Gasteiger partial charge in [-0.2, -0.15) is 0 Å². The van der Waals surface area contributed by atoms with E-state index in [0.717, 1.165) is 18.5 Å². The third-order valence-corrected chi connectivity index (χ3v) is 3.79. The smallest absolute Gasteiger partial charge is 0.309 e. The molecule has 2 N–H and O–H groups in total. The van der Waals surface area contributed by atoms with Crippen molar-refractivity contribution >= 4 is 11.8 Å². The maximum absolute atomic E-state index is 11.8. The number of nitrogens with one attached hydrogen (secondary N) is 2. The number of aromatic nitrogens is 2. The van der Waals surface area contributed by atoms with Crippen molar-refractivity contribution < 1.29 is 19.1 Å². The molecule has 0 unspecified atom stereocenters. The molecule has 2 rings (SSSR count). The van der Waals surface area contributed by atoms with Gasteiger partial charge in [0.2, 0.25) is 0 Å². The Bertz CT molecular complexity index is 716. The molecular weight excluding hydrogens is 336 g/mol. The molecule has 0 radical (unpaired) electrons. The van der Waals surface area contributed by atoms with Crippen molar-refractivity contribution in [3.8, 4) is 11.5 Å². The number of nitrogens with zero attached hydrogens (tertiary/aromatic N) is 2. The number of imidazole rings is 1. The highest BCUT2D eigenvalue weighted by Gasteiger charge is 2.12. The Kier molecular flexibility index (Phi) is 7.48. The van der Waals surface area contributed by atoms with Gasteiger partial charge in [-0.3, -0.25) is 9.59 Å². The van der Waals surface area contributed by atoms with Crippen LogP contribution < -0.4 is 20.1 Å². The largest absolute Gasteiger partial charge is 0.493 e. The zero-order chi connectivity index (χ0) is 18.8. The number of aryl methyl sites for hydroxylation is 1. The first-order chi connectivity index (χ1) is 12.6. The molecule has 0 spiro atoms. The van der Waals surface area contributed by atoms with Gasteiger partial charge < -0.3 is 24.7 Å². The second-order valence-corrected chi connectivity index (χ2v) is 5.61. The topological polar surface area (TPSA) is 94.5 Å². The minimum atomic E-state index is -0.631. The molecule has 1 aromatic carbocycles. The summed E-state index contributed by atoms with van der Waals surface area (Å²) in [7, 11) is 3.15. The van der Waals surface area contributed by atoms with Crippen LogP contribution in [-0.4, -0.2) is 48.7 Å². The van der Waals surface area contributed by atoms with Gasteiger partial charge in [0.25, 0.3) is 0 Å². The van der Waals surface area contributed by atoms with E-state index >= 15 is 0 Å². The van der Waals surface area contributed by atoms with Gasteiger partial charge in [-0.1, -0.05) is 6.07 Å². The Morgan fingerprint density at radius 1 is 1.08 bits per heavy atom. The van der Waals surface area contributed by atoms with Crippen LogP contribution in [0, 0.1) is 0 Å². The molecular formula is C18H24N4O4. The normalized spacial score (nSPS) is 10.2. The first kappa shape index (κ1) is 19.3. The van der Waals surface area contributed by atoms with E-state index in [9.17, 15) is 9.59 Å².